The molecule has 0 spiro atoms. The van der Waals surface area contributed by atoms with E-state index in [-0.39, 0.29) is 12.4 Å². The summed E-state index contributed by atoms with van der Waals surface area (Å²) in [6.45, 7) is 2.30. The lowest BCUT2D eigenvalue weighted by Crippen LogP contribution is -2.38. The van der Waals surface area contributed by atoms with E-state index in [4.69, 9.17) is 26.3 Å². The number of fused-ring (bicyclic) bond motifs is 4. The summed E-state index contributed by atoms with van der Waals surface area (Å²) in [6.07, 6.45) is 0.816. The zero-order valence-electron chi connectivity index (χ0n) is 14.0. The number of amidine groups is 2. The highest BCUT2D eigenvalue weighted by Gasteiger charge is 2.34. The zero-order chi connectivity index (χ0) is 16.8. The van der Waals surface area contributed by atoms with Crippen molar-refractivity contribution in [3.05, 3.63) is 70.3 Å². The van der Waals surface area contributed by atoms with Crippen LogP contribution >= 0.6 is 24.0 Å². The van der Waals surface area contributed by atoms with E-state index in [0.29, 0.717) is 6.61 Å². The average molecular weight is 386 g/mol. The molecule has 0 bridgehead atoms. The average Bonchev–Trinajstić information content (AvgIpc) is 3.05. The van der Waals surface area contributed by atoms with Crippen molar-refractivity contribution in [3.63, 3.8) is 0 Å². The zero-order valence-corrected chi connectivity index (χ0v) is 15.6. The predicted octanol–water partition coefficient (Wildman–Crippen LogP) is 4.43. The normalized spacial score (nSPS) is 17.8. The number of halogens is 2. The van der Waals surface area contributed by atoms with E-state index in [1.54, 1.807) is 0 Å². The fourth-order valence-corrected chi connectivity index (χ4v) is 3.70. The monoisotopic (exact) mass is 385 g/mol. The van der Waals surface area contributed by atoms with Gasteiger partial charge in [-0.2, -0.15) is 0 Å². The molecule has 0 fully saturated rings. The summed E-state index contributed by atoms with van der Waals surface area (Å²) in [6, 6.07) is 15.9. The lowest BCUT2D eigenvalue weighted by molar-refractivity contribution is 0.325. The summed E-state index contributed by atoms with van der Waals surface area (Å²) in [7, 11) is 0. The first kappa shape index (κ1) is 17.1. The van der Waals surface area contributed by atoms with Gasteiger partial charge in [0.05, 0.1) is 18.8 Å². The Morgan fingerprint density at radius 1 is 1.00 bits per heavy atom. The number of aliphatic imine (C=N–C) groups is 2. The summed E-state index contributed by atoms with van der Waals surface area (Å²) in [5.41, 5.74) is 4.25. The summed E-state index contributed by atoms with van der Waals surface area (Å²) in [4.78, 5) is 12.1. The molecule has 3 aliphatic heterocycles. The van der Waals surface area contributed by atoms with Gasteiger partial charge in [0.15, 0.2) is 0 Å². The topological polar surface area (TPSA) is 37.2 Å². The third-order valence-electron chi connectivity index (χ3n) is 4.72. The first-order chi connectivity index (χ1) is 12.3. The molecule has 0 amide bonds. The number of benzene rings is 2. The van der Waals surface area contributed by atoms with Gasteiger partial charge < -0.3 is 9.64 Å². The van der Waals surface area contributed by atoms with Gasteiger partial charge in [-0.15, -0.1) is 12.4 Å². The molecule has 6 heteroatoms. The number of ether oxygens (including phenoxy) is 1. The van der Waals surface area contributed by atoms with Gasteiger partial charge in [0.1, 0.15) is 17.4 Å². The molecule has 5 rings (SSSR count). The predicted molar refractivity (Wildman–Crippen MR) is 108 cm³/mol. The van der Waals surface area contributed by atoms with Gasteiger partial charge in [-0.1, -0.05) is 23.7 Å². The van der Waals surface area contributed by atoms with E-state index in [1.807, 2.05) is 42.5 Å². The molecule has 4 nitrogen and oxygen atoms in total. The summed E-state index contributed by atoms with van der Waals surface area (Å²) >= 11 is 6.06. The lowest BCUT2D eigenvalue weighted by atomic mass is 10.00. The number of rotatable bonds is 1. The van der Waals surface area contributed by atoms with Gasteiger partial charge in [0.25, 0.3) is 0 Å². The molecule has 0 aromatic heterocycles. The van der Waals surface area contributed by atoms with Gasteiger partial charge in [-0.25, -0.2) is 4.99 Å². The van der Waals surface area contributed by atoms with Crippen LogP contribution in [0.15, 0.2) is 64.1 Å². The van der Waals surface area contributed by atoms with Crippen LogP contribution in [0.25, 0.3) is 5.70 Å². The van der Waals surface area contributed by atoms with E-state index in [0.717, 1.165) is 58.8 Å². The molecule has 132 valence electrons. The largest absolute Gasteiger partial charge is 0.493 e. The fraction of sp³-hybridized carbons (Fsp3) is 0.200. The molecule has 0 unspecified atom stereocenters. The Morgan fingerprint density at radius 3 is 2.65 bits per heavy atom. The van der Waals surface area contributed by atoms with Crippen LogP contribution in [0.5, 0.6) is 5.75 Å². The van der Waals surface area contributed by atoms with Crippen LogP contribution in [0.2, 0.25) is 5.02 Å². The molecular formula is C20H17Cl2N3O. The molecule has 2 aromatic rings. The van der Waals surface area contributed by atoms with Crippen LogP contribution in [0.4, 0.5) is 0 Å². The molecule has 0 radical (unpaired) electrons. The highest BCUT2D eigenvalue weighted by atomic mass is 35.5. The van der Waals surface area contributed by atoms with E-state index in [2.05, 4.69) is 11.0 Å². The number of hydrogen-bond donors (Lipinski definition) is 0. The number of para-hydroxylation sites is 1. The maximum Gasteiger partial charge on any atom is 0.142 e. The molecule has 0 saturated heterocycles. The van der Waals surface area contributed by atoms with Crippen molar-refractivity contribution in [1.82, 2.24) is 4.90 Å². The van der Waals surface area contributed by atoms with Gasteiger partial charge in [-0.3, -0.25) is 4.99 Å². The fourth-order valence-electron chi connectivity index (χ4n) is 3.57. The van der Waals surface area contributed by atoms with Crippen LogP contribution < -0.4 is 4.74 Å². The van der Waals surface area contributed by atoms with E-state index in [1.165, 1.54) is 5.57 Å². The summed E-state index contributed by atoms with van der Waals surface area (Å²) < 4.78 is 5.94. The quantitative estimate of drug-likeness (QED) is 0.727. The van der Waals surface area contributed by atoms with Gasteiger partial charge >= 0.3 is 0 Å². The van der Waals surface area contributed by atoms with E-state index in [9.17, 15) is 0 Å². The van der Waals surface area contributed by atoms with Gasteiger partial charge in [0.2, 0.25) is 0 Å². The van der Waals surface area contributed by atoms with E-state index >= 15 is 0 Å². The van der Waals surface area contributed by atoms with Gasteiger partial charge in [0, 0.05) is 34.7 Å². The minimum Gasteiger partial charge on any atom is -0.493 e. The number of nitrogens with zero attached hydrogens (tertiary/aromatic N) is 3. The second kappa shape index (κ2) is 6.78. The lowest BCUT2D eigenvalue weighted by Gasteiger charge is -2.29. The van der Waals surface area contributed by atoms with Crippen molar-refractivity contribution in [3.8, 4) is 5.75 Å². The number of hydrogen-bond acceptors (Lipinski definition) is 4. The Bertz CT molecular complexity index is 948. The van der Waals surface area contributed by atoms with Crippen molar-refractivity contribution in [2.45, 2.75) is 6.42 Å². The second-order valence-electron chi connectivity index (χ2n) is 6.22. The highest BCUT2D eigenvalue weighted by Crippen LogP contribution is 2.38. The molecule has 3 heterocycles. The maximum atomic E-state index is 6.06. The maximum absolute atomic E-state index is 6.06. The van der Waals surface area contributed by atoms with Crippen molar-refractivity contribution < 1.29 is 4.74 Å². The Kier molecular flexibility index (Phi) is 4.47. The Labute approximate surface area is 163 Å². The molecular weight excluding hydrogens is 369 g/mol. The SMILES string of the molecule is Cl.Clc1ccc(C2=NC3=C(CCOc4ccccc43)C3=NCCN32)cc1. The van der Waals surface area contributed by atoms with Crippen LogP contribution in [-0.4, -0.2) is 36.3 Å². The minimum atomic E-state index is 0. The third kappa shape index (κ3) is 2.70. The molecule has 2 aromatic carbocycles. The van der Waals surface area contributed by atoms with Crippen molar-refractivity contribution in [2.75, 3.05) is 19.7 Å². The smallest absolute Gasteiger partial charge is 0.142 e. The van der Waals surface area contributed by atoms with Crippen LogP contribution in [0.3, 0.4) is 0 Å². The molecule has 0 aliphatic carbocycles. The van der Waals surface area contributed by atoms with Crippen LogP contribution in [0.1, 0.15) is 17.5 Å². The third-order valence-corrected chi connectivity index (χ3v) is 4.98. The first-order valence-electron chi connectivity index (χ1n) is 8.43. The second-order valence-corrected chi connectivity index (χ2v) is 6.66. The van der Waals surface area contributed by atoms with Crippen LogP contribution in [0, 0.1) is 0 Å². The van der Waals surface area contributed by atoms with E-state index < -0.39 is 0 Å². The molecule has 3 aliphatic rings. The highest BCUT2D eigenvalue weighted by molar-refractivity contribution is 6.30. The first-order valence-corrected chi connectivity index (χ1v) is 8.81. The van der Waals surface area contributed by atoms with Crippen molar-refractivity contribution >= 4 is 41.4 Å². The Balaban J connectivity index is 0.00000168. The van der Waals surface area contributed by atoms with Crippen LogP contribution in [-0.2, 0) is 0 Å². The Hall–Kier alpha value is -2.30. The summed E-state index contributed by atoms with van der Waals surface area (Å²) in [5.74, 6) is 2.86. The standard InChI is InChI=1S/C20H16ClN3O.ClH/c21-14-7-5-13(6-8-14)19-23-18-15-3-1-2-4-17(15)25-12-9-16(18)20-22-10-11-24(19)20;/h1-8H,9-12H2;1H. The minimum absolute atomic E-state index is 0. The molecule has 26 heavy (non-hydrogen) atoms. The summed E-state index contributed by atoms with van der Waals surface area (Å²) in [5, 5.41) is 0.726. The molecule has 0 N–H and O–H groups in total. The molecule has 0 saturated carbocycles. The Morgan fingerprint density at radius 2 is 1.81 bits per heavy atom. The van der Waals surface area contributed by atoms with Gasteiger partial charge in [-0.05, 0) is 36.4 Å². The van der Waals surface area contributed by atoms with Crippen molar-refractivity contribution in [1.29, 1.82) is 0 Å². The molecule has 0 atom stereocenters. The van der Waals surface area contributed by atoms with Crippen molar-refractivity contribution in [2.24, 2.45) is 9.98 Å².